The van der Waals surface area contributed by atoms with Gasteiger partial charge in [-0.25, -0.2) is 4.98 Å². The second kappa shape index (κ2) is 5.20. The van der Waals surface area contributed by atoms with Crippen LogP contribution in [0.1, 0.15) is 19.5 Å². The molecule has 0 spiro atoms. The minimum Gasteiger partial charge on any atom is -0.389 e. The molecule has 2 heterocycles. The Balaban J connectivity index is 1.93. The Morgan fingerprint density at radius 2 is 1.78 bits per heavy atom. The molecule has 100 valence electrons. The van der Waals surface area contributed by atoms with Crippen LogP contribution < -0.4 is 4.90 Å². The largest absolute Gasteiger partial charge is 0.389 e. The van der Waals surface area contributed by atoms with Gasteiger partial charge in [-0.15, -0.1) is 0 Å². The SMILES string of the molecule is Cc1nccnc1N1CCN(CC(C)(C)O)CC1. The number of aryl methyl sites for hydroxylation is 1. The highest BCUT2D eigenvalue weighted by molar-refractivity contribution is 5.42. The number of aromatic nitrogens is 2. The summed E-state index contributed by atoms with van der Waals surface area (Å²) in [4.78, 5) is 13.2. The molecule has 5 nitrogen and oxygen atoms in total. The Kier molecular flexibility index (Phi) is 3.82. The fourth-order valence-corrected chi connectivity index (χ4v) is 2.38. The van der Waals surface area contributed by atoms with Gasteiger partial charge >= 0.3 is 0 Å². The summed E-state index contributed by atoms with van der Waals surface area (Å²) in [5, 5.41) is 9.82. The smallest absolute Gasteiger partial charge is 0.150 e. The maximum Gasteiger partial charge on any atom is 0.150 e. The van der Waals surface area contributed by atoms with Crippen molar-refractivity contribution in [2.45, 2.75) is 26.4 Å². The normalized spacial score (nSPS) is 18.1. The number of hydrogen-bond donors (Lipinski definition) is 1. The lowest BCUT2D eigenvalue weighted by molar-refractivity contribution is 0.0344. The number of rotatable bonds is 3. The molecule has 1 aliphatic heterocycles. The van der Waals surface area contributed by atoms with Crippen molar-refractivity contribution >= 4 is 5.82 Å². The molecule has 0 radical (unpaired) electrons. The first kappa shape index (κ1) is 13.2. The summed E-state index contributed by atoms with van der Waals surface area (Å²) in [6.45, 7) is 10.2. The molecule has 2 rings (SSSR count). The molecule has 0 bridgehead atoms. The first-order chi connectivity index (χ1) is 8.46. The predicted molar refractivity (Wildman–Crippen MR) is 71.7 cm³/mol. The van der Waals surface area contributed by atoms with Crippen molar-refractivity contribution in [3.8, 4) is 0 Å². The van der Waals surface area contributed by atoms with E-state index in [2.05, 4.69) is 19.8 Å². The summed E-state index contributed by atoms with van der Waals surface area (Å²) in [7, 11) is 0. The summed E-state index contributed by atoms with van der Waals surface area (Å²) in [6.07, 6.45) is 3.47. The molecule has 1 N–H and O–H groups in total. The number of β-amino-alcohol motifs (C(OH)–C–C–N with tert-alkyl or cyclic N) is 1. The first-order valence-electron chi connectivity index (χ1n) is 6.43. The molecule has 1 aromatic rings. The van der Waals surface area contributed by atoms with Crippen LogP contribution in [0.2, 0.25) is 0 Å². The van der Waals surface area contributed by atoms with Gasteiger partial charge in [0.05, 0.1) is 11.3 Å². The highest BCUT2D eigenvalue weighted by atomic mass is 16.3. The molecule has 0 unspecified atom stereocenters. The Morgan fingerprint density at radius 1 is 1.17 bits per heavy atom. The predicted octanol–water partition coefficient (Wildman–Crippen LogP) is 0.678. The third-order valence-corrected chi connectivity index (χ3v) is 3.14. The summed E-state index contributed by atoms with van der Waals surface area (Å²) in [5.41, 5.74) is 0.360. The zero-order chi connectivity index (χ0) is 13.2. The molecule has 18 heavy (non-hydrogen) atoms. The highest BCUT2D eigenvalue weighted by Gasteiger charge is 2.23. The van der Waals surface area contributed by atoms with Gasteiger partial charge < -0.3 is 10.0 Å². The van der Waals surface area contributed by atoms with E-state index < -0.39 is 5.60 Å². The van der Waals surface area contributed by atoms with Crippen LogP contribution in [0, 0.1) is 6.92 Å². The topological polar surface area (TPSA) is 52.5 Å². The van der Waals surface area contributed by atoms with E-state index >= 15 is 0 Å². The lowest BCUT2D eigenvalue weighted by Crippen LogP contribution is -2.50. The lowest BCUT2D eigenvalue weighted by atomic mass is 10.1. The zero-order valence-corrected chi connectivity index (χ0v) is 11.4. The van der Waals surface area contributed by atoms with Gasteiger partial charge in [0.15, 0.2) is 0 Å². The van der Waals surface area contributed by atoms with Gasteiger partial charge in [0, 0.05) is 45.1 Å². The van der Waals surface area contributed by atoms with Gasteiger partial charge in [0.1, 0.15) is 5.82 Å². The van der Waals surface area contributed by atoms with E-state index in [1.165, 1.54) is 0 Å². The van der Waals surface area contributed by atoms with Gasteiger partial charge in [0.25, 0.3) is 0 Å². The fourth-order valence-electron chi connectivity index (χ4n) is 2.38. The minimum absolute atomic E-state index is 0.620. The van der Waals surface area contributed by atoms with E-state index in [0.717, 1.165) is 44.2 Å². The third-order valence-electron chi connectivity index (χ3n) is 3.14. The van der Waals surface area contributed by atoms with E-state index in [1.807, 2.05) is 20.8 Å². The first-order valence-corrected chi connectivity index (χ1v) is 6.43. The Morgan fingerprint density at radius 3 is 2.33 bits per heavy atom. The third kappa shape index (κ3) is 3.40. The molecule has 0 saturated carbocycles. The van der Waals surface area contributed by atoms with Crippen LogP contribution in [0.15, 0.2) is 12.4 Å². The maximum absolute atomic E-state index is 9.82. The average Bonchev–Trinajstić information content (AvgIpc) is 2.29. The van der Waals surface area contributed by atoms with Gasteiger partial charge in [-0.1, -0.05) is 0 Å². The molecule has 0 aromatic carbocycles. The van der Waals surface area contributed by atoms with Gasteiger partial charge in [-0.3, -0.25) is 9.88 Å². The van der Waals surface area contributed by atoms with Gasteiger partial charge in [-0.05, 0) is 20.8 Å². The maximum atomic E-state index is 9.82. The van der Waals surface area contributed by atoms with Crippen LogP contribution in [0.25, 0.3) is 0 Å². The molecule has 5 heteroatoms. The van der Waals surface area contributed by atoms with E-state index in [0.29, 0.717) is 0 Å². The number of aliphatic hydroxyl groups is 1. The Bertz CT molecular complexity index is 394. The second-order valence-electron chi connectivity index (χ2n) is 5.54. The molecular formula is C13H22N4O. The van der Waals surface area contributed by atoms with Crippen molar-refractivity contribution in [3.63, 3.8) is 0 Å². The molecule has 1 fully saturated rings. The Labute approximate surface area is 108 Å². The molecule has 1 aliphatic rings. The van der Waals surface area contributed by atoms with Crippen molar-refractivity contribution in [2.75, 3.05) is 37.6 Å². The van der Waals surface area contributed by atoms with Crippen LogP contribution >= 0.6 is 0 Å². The number of nitrogens with zero attached hydrogens (tertiary/aromatic N) is 4. The van der Waals surface area contributed by atoms with Gasteiger partial charge in [0.2, 0.25) is 0 Å². The van der Waals surface area contributed by atoms with Crippen LogP contribution in [-0.2, 0) is 0 Å². The molecule has 1 saturated heterocycles. The van der Waals surface area contributed by atoms with Crippen LogP contribution in [-0.4, -0.2) is 58.3 Å². The molecule has 1 aromatic heterocycles. The van der Waals surface area contributed by atoms with E-state index in [4.69, 9.17) is 0 Å². The number of piperazine rings is 1. The summed E-state index contributed by atoms with van der Waals surface area (Å²) < 4.78 is 0. The minimum atomic E-state index is -0.620. The molecular weight excluding hydrogens is 228 g/mol. The quantitative estimate of drug-likeness (QED) is 0.855. The highest BCUT2D eigenvalue weighted by Crippen LogP contribution is 2.16. The molecule has 0 atom stereocenters. The summed E-state index contributed by atoms with van der Waals surface area (Å²) in [5.74, 6) is 0.986. The van der Waals surface area contributed by atoms with Crippen molar-refractivity contribution in [2.24, 2.45) is 0 Å². The second-order valence-corrected chi connectivity index (χ2v) is 5.54. The van der Waals surface area contributed by atoms with E-state index in [-0.39, 0.29) is 0 Å². The van der Waals surface area contributed by atoms with E-state index in [9.17, 15) is 5.11 Å². The number of hydrogen-bond acceptors (Lipinski definition) is 5. The fraction of sp³-hybridized carbons (Fsp3) is 0.692. The molecule has 0 amide bonds. The Hall–Kier alpha value is -1.20. The number of anilines is 1. The van der Waals surface area contributed by atoms with Crippen molar-refractivity contribution in [1.82, 2.24) is 14.9 Å². The standard InChI is InChI=1S/C13H22N4O/c1-11-12(15-5-4-14-11)17-8-6-16(7-9-17)10-13(2,3)18/h4-5,18H,6-10H2,1-3H3. The van der Waals surface area contributed by atoms with Gasteiger partial charge in [-0.2, -0.15) is 0 Å². The van der Waals surface area contributed by atoms with Crippen LogP contribution in [0.4, 0.5) is 5.82 Å². The van der Waals surface area contributed by atoms with Crippen LogP contribution in [0.5, 0.6) is 0 Å². The monoisotopic (exact) mass is 250 g/mol. The van der Waals surface area contributed by atoms with Crippen LogP contribution in [0.3, 0.4) is 0 Å². The van der Waals surface area contributed by atoms with Crippen molar-refractivity contribution in [3.05, 3.63) is 18.1 Å². The van der Waals surface area contributed by atoms with E-state index in [1.54, 1.807) is 12.4 Å². The van der Waals surface area contributed by atoms with Crippen molar-refractivity contribution < 1.29 is 5.11 Å². The average molecular weight is 250 g/mol. The zero-order valence-electron chi connectivity index (χ0n) is 11.4. The summed E-state index contributed by atoms with van der Waals surface area (Å²) in [6, 6.07) is 0. The lowest BCUT2D eigenvalue weighted by Gasteiger charge is -2.38. The summed E-state index contributed by atoms with van der Waals surface area (Å²) >= 11 is 0. The molecule has 0 aliphatic carbocycles. The van der Waals surface area contributed by atoms with Crippen molar-refractivity contribution in [1.29, 1.82) is 0 Å².